The van der Waals surface area contributed by atoms with Gasteiger partial charge in [0.2, 0.25) is 10.0 Å². The quantitative estimate of drug-likeness (QED) is 0.581. The normalized spacial score (nSPS) is 15.0. The summed E-state index contributed by atoms with van der Waals surface area (Å²) in [5, 5.41) is 3.24. The van der Waals surface area contributed by atoms with Crippen LogP contribution in [0.5, 0.6) is 0 Å². The Kier molecular flexibility index (Phi) is 7.42. The molecule has 0 spiro atoms. The fourth-order valence-corrected chi connectivity index (χ4v) is 3.50. The topological polar surface area (TPSA) is 74.0 Å². The van der Waals surface area contributed by atoms with Gasteiger partial charge in [0.25, 0.3) is 0 Å². The molecule has 0 bridgehead atoms. The van der Waals surface area contributed by atoms with Crippen LogP contribution in [0.4, 0.5) is 0 Å². The summed E-state index contributed by atoms with van der Waals surface area (Å²) in [4.78, 5) is 3.33. The van der Waals surface area contributed by atoms with E-state index in [1.165, 1.54) is 0 Å². The zero-order valence-corrected chi connectivity index (χ0v) is 14.4. The van der Waals surface area contributed by atoms with E-state index in [1.807, 2.05) is 6.92 Å². The van der Waals surface area contributed by atoms with E-state index in [0.29, 0.717) is 17.4 Å². The number of H-pyrrole nitrogens is 1. The van der Waals surface area contributed by atoms with Gasteiger partial charge in [-0.05, 0) is 38.3 Å². The molecule has 1 aromatic heterocycles. The summed E-state index contributed by atoms with van der Waals surface area (Å²) in [6.45, 7) is 9.85. The van der Waals surface area contributed by atoms with Crippen LogP contribution < -0.4 is 10.0 Å². The first-order valence-electron chi connectivity index (χ1n) is 7.79. The smallest absolute Gasteiger partial charge is 0.242 e. The van der Waals surface area contributed by atoms with Crippen LogP contribution in [-0.2, 0) is 16.6 Å². The Morgan fingerprint density at radius 3 is 2.62 bits per heavy atom. The molecule has 1 aromatic rings. The molecular weight excluding hydrogens is 286 g/mol. The lowest BCUT2D eigenvalue weighted by Gasteiger charge is -2.17. The average molecular weight is 315 g/mol. The van der Waals surface area contributed by atoms with Crippen molar-refractivity contribution in [3.05, 3.63) is 18.0 Å². The molecule has 3 N–H and O–H groups in total. The third-order valence-corrected chi connectivity index (χ3v) is 5.15. The highest BCUT2D eigenvalue weighted by Crippen LogP contribution is 2.14. The van der Waals surface area contributed by atoms with Gasteiger partial charge < -0.3 is 10.3 Å². The number of sulfonamides is 1. The molecule has 2 atom stereocenters. The molecule has 21 heavy (non-hydrogen) atoms. The number of hydrogen-bond donors (Lipinski definition) is 3. The zero-order chi connectivity index (χ0) is 15.9. The summed E-state index contributed by atoms with van der Waals surface area (Å²) in [6, 6.07) is 1.64. The van der Waals surface area contributed by atoms with Crippen molar-refractivity contribution in [1.29, 1.82) is 0 Å². The molecule has 1 rings (SSSR count). The maximum absolute atomic E-state index is 12.3. The lowest BCUT2D eigenvalue weighted by Crippen LogP contribution is -2.33. The van der Waals surface area contributed by atoms with Gasteiger partial charge in [-0.15, -0.1) is 0 Å². The van der Waals surface area contributed by atoms with E-state index in [0.717, 1.165) is 31.5 Å². The van der Waals surface area contributed by atoms with Crippen molar-refractivity contribution in [3.8, 4) is 0 Å². The lowest BCUT2D eigenvalue weighted by molar-refractivity contribution is 0.445. The second-order valence-electron chi connectivity index (χ2n) is 5.81. The van der Waals surface area contributed by atoms with Gasteiger partial charge >= 0.3 is 0 Å². The van der Waals surface area contributed by atoms with Gasteiger partial charge in [-0.1, -0.05) is 27.2 Å². The first kappa shape index (κ1) is 18.2. The van der Waals surface area contributed by atoms with Crippen molar-refractivity contribution in [3.63, 3.8) is 0 Å². The van der Waals surface area contributed by atoms with Gasteiger partial charge in [0, 0.05) is 24.5 Å². The Balaban J connectivity index is 2.61. The van der Waals surface area contributed by atoms with E-state index in [9.17, 15) is 8.42 Å². The van der Waals surface area contributed by atoms with Crippen LogP contribution in [-0.4, -0.2) is 26.0 Å². The second kappa shape index (κ2) is 8.56. The fourth-order valence-electron chi connectivity index (χ4n) is 2.23. The maximum Gasteiger partial charge on any atom is 0.242 e. The molecule has 5 nitrogen and oxygen atoms in total. The molecule has 1 heterocycles. The Morgan fingerprint density at radius 1 is 1.29 bits per heavy atom. The molecule has 0 saturated heterocycles. The lowest BCUT2D eigenvalue weighted by atomic mass is 10.0. The minimum Gasteiger partial charge on any atom is -0.363 e. The van der Waals surface area contributed by atoms with Crippen LogP contribution in [0.15, 0.2) is 17.2 Å². The predicted octanol–water partition coefficient (Wildman–Crippen LogP) is 2.62. The van der Waals surface area contributed by atoms with Crippen LogP contribution in [0.3, 0.4) is 0 Å². The highest BCUT2D eigenvalue weighted by atomic mass is 32.2. The molecule has 0 fully saturated rings. The van der Waals surface area contributed by atoms with Crippen molar-refractivity contribution in [1.82, 2.24) is 15.0 Å². The monoisotopic (exact) mass is 315 g/mol. The van der Waals surface area contributed by atoms with Crippen LogP contribution in [0.25, 0.3) is 0 Å². The highest BCUT2D eigenvalue weighted by molar-refractivity contribution is 7.89. The maximum atomic E-state index is 12.3. The molecule has 0 aliphatic rings. The molecule has 0 aliphatic carbocycles. The third kappa shape index (κ3) is 6.20. The zero-order valence-electron chi connectivity index (χ0n) is 13.6. The van der Waals surface area contributed by atoms with Crippen molar-refractivity contribution in [2.75, 3.05) is 6.54 Å². The van der Waals surface area contributed by atoms with E-state index in [1.54, 1.807) is 12.3 Å². The van der Waals surface area contributed by atoms with Gasteiger partial charge in [-0.25, -0.2) is 13.1 Å². The van der Waals surface area contributed by atoms with Gasteiger partial charge in [0.05, 0.1) is 4.90 Å². The molecular formula is C15H29N3O2S. The second-order valence-corrected chi connectivity index (χ2v) is 7.52. The van der Waals surface area contributed by atoms with E-state index in [2.05, 4.69) is 35.8 Å². The minimum absolute atomic E-state index is 0.0542. The SMILES string of the molecule is CCCNCc1cc(S(=O)(=O)NC(C)CC(C)CC)c[nH]1. The van der Waals surface area contributed by atoms with Crippen LogP contribution in [0, 0.1) is 5.92 Å². The van der Waals surface area contributed by atoms with Gasteiger partial charge in [-0.2, -0.15) is 0 Å². The van der Waals surface area contributed by atoms with E-state index >= 15 is 0 Å². The average Bonchev–Trinajstić information content (AvgIpc) is 2.87. The molecule has 0 aromatic carbocycles. The molecule has 2 unspecified atom stereocenters. The Hall–Kier alpha value is -0.850. The van der Waals surface area contributed by atoms with Crippen molar-refractivity contribution in [2.45, 2.75) is 64.4 Å². The Labute approximate surface area is 129 Å². The summed E-state index contributed by atoms with van der Waals surface area (Å²) in [6.07, 6.45) is 4.52. The van der Waals surface area contributed by atoms with Gasteiger partial charge in [0.1, 0.15) is 0 Å². The Bertz CT molecular complexity index is 511. The van der Waals surface area contributed by atoms with Gasteiger partial charge in [0.15, 0.2) is 0 Å². The summed E-state index contributed by atoms with van der Waals surface area (Å²) in [5.41, 5.74) is 0.887. The van der Waals surface area contributed by atoms with Crippen molar-refractivity contribution in [2.24, 2.45) is 5.92 Å². The van der Waals surface area contributed by atoms with Crippen molar-refractivity contribution >= 4 is 10.0 Å². The summed E-state index contributed by atoms with van der Waals surface area (Å²) < 4.78 is 27.4. The van der Waals surface area contributed by atoms with Crippen LogP contribution in [0.2, 0.25) is 0 Å². The molecule has 122 valence electrons. The number of hydrogen-bond acceptors (Lipinski definition) is 3. The third-order valence-electron chi connectivity index (χ3n) is 3.58. The van der Waals surface area contributed by atoms with Crippen molar-refractivity contribution < 1.29 is 8.42 Å². The standard InChI is InChI=1S/C15H29N3O2S/c1-5-7-16-10-14-9-15(11-17-14)21(19,20)18-13(4)8-12(3)6-2/h9,11-13,16-18H,5-8,10H2,1-4H3. The highest BCUT2D eigenvalue weighted by Gasteiger charge is 2.19. The van der Waals surface area contributed by atoms with Crippen LogP contribution >= 0.6 is 0 Å². The summed E-state index contributed by atoms with van der Waals surface area (Å²) >= 11 is 0. The fraction of sp³-hybridized carbons (Fsp3) is 0.733. The molecule has 0 amide bonds. The summed E-state index contributed by atoms with van der Waals surface area (Å²) in [7, 11) is -3.43. The molecule has 6 heteroatoms. The van der Waals surface area contributed by atoms with E-state index < -0.39 is 10.0 Å². The molecule has 0 radical (unpaired) electrons. The molecule has 0 saturated carbocycles. The van der Waals surface area contributed by atoms with Crippen LogP contribution in [0.1, 0.15) is 52.7 Å². The first-order chi connectivity index (χ1) is 9.89. The number of aromatic amines is 1. The number of aromatic nitrogens is 1. The Morgan fingerprint density at radius 2 is 2.00 bits per heavy atom. The number of nitrogens with one attached hydrogen (secondary N) is 3. The number of rotatable bonds is 10. The van der Waals surface area contributed by atoms with Gasteiger partial charge in [-0.3, -0.25) is 0 Å². The predicted molar refractivity (Wildman–Crippen MR) is 86.6 cm³/mol. The molecule has 0 aliphatic heterocycles. The van der Waals surface area contributed by atoms with E-state index in [-0.39, 0.29) is 6.04 Å². The van der Waals surface area contributed by atoms with E-state index in [4.69, 9.17) is 0 Å². The largest absolute Gasteiger partial charge is 0.363 e. The first-order valence-corrected chi connectivity index (χ1v) is 9.27. The minimum atomic E-state index is -3.43. The summed E-state index contributed by atoms with van der Waals surface area (Å²) in [5.74, 6) is 0.516.